The minimum absolute atomic E-state index is 0. The predicted molar refractivity (Wildman–Crippen MR) is 199 cm³/mol. The fourth-order valence-electron chi connectivity index (χ4n) is 5.39. The topological polar surface area (TPSA) is 0 Å². The Morgan fingerprint density at radius 3 is 1.36 bits per heavy atom. The van der Waals surface area contributed by atoms with Crippen LogP contribution >= 0.6 is 0 Å². The normalized spacial score (nSPS) is 14.2. The van der Waals surface area contributed by atoms with Crippen LogP contribution in [0.4, 0.5) is 0 Å². The van der Waals surface area contributed by atoms with E-state index in [1.54, 1.807) is 5.20 Å². The maximum absolute atomic E-state index is 3.29. The molecular formula is C43H50Cl2SiZr-2. The summed E-state index contributed by atoms with van der Waals surface area (Å²) in [5, 5.41) is 7.03. The summed E-state index contributed by atoms with van der Waals surface area (Å²) in [5.41, 5.74) is 5.87. The van der Waals surface area contributed by atoms with Gasteiger partial charge < -0.3 is 24.8 Å². The molecule has 0 N–H and O–H groups in total. The Bertz CT molecular complexity index is 1700. The molecule has 5 aromatic rings. The predicted octanol–water partition coefficient (Wildman–Crippen LogP) is 5.92. The van der Waals surface area contributed by atoms with Crippen LogP contribution in [0.5, 0.6) is 0 Å². The Morgan fingerprint density at radius 1 is 0.660 bits per heavy atom. The van der Waals surface area contributed by atoms with Gasteiger partial charge in [0.05, 0.1) is 0 Å². The van der Waals surface area contributed by atoms with Crippen LogP contribution in [-0.4, -0.2) is 11.3 Å². The molecule has 0 heterocycles. The number of rotatable bonds is 3. The van der Waals surface area contributed by atoms with Gasteiger partial charge in [0.15, 0.2) is 0 Å². The van der Waals surface area contributed by atoms with Crippen LogP contribution in [-0.2, 0) is 35.1 Å². The molecule has 0 radical (unpaired) electrons. The van der Waals surface area contributed by atoms with E-state index < -0.39 is 8.07 Å². The van der Waals surface area contributed by atoms with Crippen molar-refractivity contribution in [3.05, 3.63) is 149 Å². The third-order valence-corrected chi connectivity index (χ3v) is 11.8. The average molecular weight is 757 g/mol. The van der Waals surface area contributed by atoms with Gasteiger partial charge in [-0.3, -0.25) is 6.08 Å². The molecule has 0 saturated heterocycles. The summed E-state index contributed by atoms with van der Waals surface area (Å²) >= 11 is 1.46. The Balaban J connectivity index is 0.000000258. The summed E-state index contributed by atoms with van der Waals surface area (Å²) in [6.45, 7) is 22.9. The van der Waals surface area contributed by atoms with Crippen molar-refractivity contribution in [1.82, 2.24) is 0 Å². The van der Waals surface area contributed by atoms with E-state index >= 15 is 0 Å². The molecular weight excluding hydrogens is 707 g/mol. The molecule has 246 valence electrons. The summed E-state index contributed by atoms with van der Waals surface area (Å²) in [6.07, 6.45) is 7.81. The van der Waals surface area contributed by atoms with Crippen molar-refractivity contribution < 1.29 is 49.0 Å². The first-order valence-corrected chi connectivity index (χ1v) is 20.9. The van der Waals surface area contributed by atoms with Gasteiger partial charge >= 0.3 is 99.2 Å². The Labute approximate surface area is 313 Å². The SMILES string of the molecule is CC(C)(C)c1ccc2c(c1)[cH-]c1cc(C(C)(C)C)ccc12.CC1[C-]=CC([Si](C)(C)C)=C1.[Cl-].[Cl-].[Zr+2]=[C](c1ccccc1)c1ccccc1. The molecule has 5 aromatic carbocycles. The summed E-state index contributed by atoms with van der Waals surface area (Å²) in [7, 11) is -1.02. The number of hydrogen-bond donors (Lipinski definition) is 0. The van der Waals surface area contributed by atoms with E-state index in [0.717, 1.165) is 0 Å². The molecule has 1 unspecified atom stereocenters. The van der Waals surface area contributed by atoms with Crippen LogP contribution in [0.1, 0.15) is 70.7 Å². The van der Waals surface area contributed by atoms with E-state index in [-0.39, 0.29) is 35.6 Å². The standard InChI is InChI=1S/C21H25.C13H10.C9H15Si.2ClH.Zr/c1-20(2,3)16-7-9-18-14(12-16)11-15-13-17(21(4,5)6)8-10-19(15)18;1-3-7-12(8-4-1)11-13-9-5-2-6-10-13;1-8-5-6-9(7-8)10(2,3)4;;;/h7-13H,1-6H3;1-10H;6-8H,1-4H3;2*1H;/q-1;;-1;;;+2/p-2. The van der Waals surface area contributed by atoms with E-state index in [9.17, 15) is 0 Å². The van der Waals surface area contributed by atoms with Crippen molar-refractivity contribution in [1.29, 1.82) is 0 Å². The molecule has 1 aliphatic rings. The van der Waals surface area contributed by atoms with Crippen LogP contribution in [0.2, 0.25) is 19.6 Å². The first-order valence-electron chi connectivity index (χ1n) is 16.2. The number of benzene rings is 4. The van der Waals surface area contributed by atoms with Gasteiger partial charge in [-0.1, -0.05) is 109 Å². The average Bonchev–Trinajstić information content (AvgIpc) is 3.60. The number of hydrogen-bond acceptors (Lipinski definition) is 0. The van der Waals surface area contributed by atoms with Gasteiger partial charge in [0, 0.05) is 0 Å². The molecule has 0 amide bonds. The monoisotopic (exact) mass is 754 g/mol. The zero-order valence-electron chi connectivity index (χ0n) is 29.8. The molecule has 1 atom stereocenters. The Hall–Kier alpha value is -2.22. The number of fused-ring (bicyclic) bond motifs is 3. The van der Waals surface area contributed by atoms with Crippen molar-refractivity contribution >= 4 is 32.8 Å². The molecule has 6 rings (SSSR count). The third kappa shape index (κ3) is 11.2. The van der Waals surface area contributed by atoms with Crippen molar-refractivity contribution in [2.75, 3.05) is 0 Å². The quantitative estimate of drug-likeness (QED) is 0.159. The Morgan fingerprint density at radius 2 is 1.06 bits per heavy atom. The minimum atomic E-state index is -1.02. The molecule has 0 spiro atoms. The van der Waals surface area contributed by atoms with Gasteiger partial charge in [-0.2, -0.15) is 6.08 Å². The van der Waals surface area contributed by atoms with E-state index in [1.807, 2.05) is 0 Å². The van der Waals surface area contributed by atoms with Gasteiger partial charge in [-0.25, -0.2) is 11.3 Å². The van der Waals surface area contributed by atoms with Crippen molar-refractivity contribution in [2.24, 2.45) is 5.92 Å². The summed E-state index contributed by atoms with van der Waals surface area (Å²) in [6, 6.07) is 37.3. The summed E-state index contributed by atoms with van der Waals surface area (Å²) in [5.74, 6) is 0.557. The van der Waals surface area contributed by atoms with E-state index in [4.69, 9.17) is 0 Å². The van der Waals surface area contributed by atoms with Crippen LogP contribution in [0.3, 0.4) is 0 Å². The van der Waals surface area contributed by atoms with Crippen molar-refractivity contribution in [3.63, 3.8) is 0 Å². The molecule has 47 heavy (non-hydrogen) atoms. The molecule has 0 fully saturated rings. The number of halogens is 2. The van der Waals surface area contributed by atoms with Crippen LogP contribution in [0, 0.1) is 12.0 Å². The molecule has 0 bridgehead atoms. The van der Waals surface area contributed by atoms with Gasteiger partial charge in [0.2, 0.25) is 0 Å². The van der Waals surface area contributed by atoms with Gasteiger partial charge in [0.25, 0.3) is 0 Å². The third-order valence-electron chi connectivity index (χ3n) is 8.36. The second kappa shape index (κ2) is 16.9. The molecule has 0 aliphatic heterocycles. The fourth-order valence-corrected chi connectivity index (χ4v) is 7.47. The molecule has 0 nitrogen and oxygen atoms in total. The van der Waals surface area contributed by atoms with Gasteiger partial charge in [-0.05, 0) is 18.9 Å². The summed E-state index contributed by atoms with van der Waals surface area (Å²) < 4.78 is 1.42. The van der Waals surface area contributed by atoms with Crippen molar-refractivity contribution in [2.45, 2.75) is 78.9 Å². The molecule has 4 heteroatoms. The van der Waals surface area contributed by atoms with Crippen LogP contribution in [0.15, 0.2) is 120 Å². The second-order valence-electron chi connectivity index (χ2n) is 15.3. The number of allylic oxidation sites excluding steroid dienone is 4. The van der Waals surface area contributed by atoms with E-state index in [2.05, 4.69) is 189 Å². The maximum atomic E-state index is 3.29. The first-order chi connectivity index (χ1) is 21.0. The van der Waals surface area contributed by atoms with E-state index in [1.165, 1.54) is 71.2 Å². The van der Waals surface area contributed by atoms with Crippen LogP contribution < -0.4 is 24.8 Å². The van der Waals surface area contributed by atoms with Crippen LogP contribution in [0.25, 0.3) is 21.5 Å². The van der Waals surface area contributed by atoms with Gasteiger partial charge in [0.1, 0.15) is 0 Å². The zero-order valence-corrected chi connectivity index (χ0v) is 34.8. The van der Waals surface area contributed by atoms with E-state index in [0.29, 0.717) is 5.92 Å². The fraction of sp³-hybridized carbons (Fsp3) is 0.302. The van der Waals surface area contributed by atoms with Gasteiger partial charge in [-0.15, -0.1) is 39.7 Å². The summed E-state index contributed by atoms with van der Waals surface area (Å²) in [4.78, 5) is 0. The Kier molecular flexibility index (Phi) is 14.8. The second-order valence-corrected chi connectivity index (χ2v) is 21.6. The molecule has 1 aliphatic carbocycles. The molecule has 0 saturated carbocycles. The van der Waals surface area contributed by atoms with Crippen molar-refractivity contribution in [3.8, 4) is 0 Å². The zero-order chi connectivity index (χ0) is 33.0. The first kappa shape index (κ1) is 41.0. The molecule has 0 aromatic heterocycles.